The van der Waals surface area contributed by atoms with E-state index in [4.69, 9.17) is 0 Å². The maximum atomic E-state index is 12.4. The summed E-state index contributed by atoms with van der Waals surface area (Å²) >= 11 is 0. The smallest absolute Gasteiger partial charge is 0.281 e. The Labute approximate surface area is 109 Å². The van der Waals surface area contributed by atoms with Crippen LogP contribution in [0.2, 0.25) is 0 Å². The van der Waals surface area contributed by atoms with Crippen LogP contribution in [-0.4, -0.2) is 49.0 Å². The van der Waals surface area contributed by atoms with Crippen LogP contribution in [0.25, 0.3) is 0 Å². The Morgan fingerprint density at radius 2 is 1.61 bits per heavy atom. The van der Waals surface area contributed by atoms with Gasteiger partial charge in [0.25, 0.3) is 10.2 Å². The predicted molar refractivity (Wildman–Crippen MR) is 69.3 cm³/mol. The minimum atomic E-state index is -3.34. The maximum Gasteiger partial charge on any atom is 0.281 e. The number of carbonyl (C=O) groups excluding carboxylic acids is 1. The van der Waals surface area contributed by atoms with Gasteiger partial charge < -0.3 is 0 Å². The molecule has 2 fully saturated rings. The van der Waals surface area contributed by atoms with E-state index in [2.05, 4.69) is 0 Å². The van der Waals surface area contributed by atoms with Crippen molar-refractivity contribution in [3.05, 3.63) is 0 Å². The van der Waals surface area contributed by atoms with E-state index in [9.17, 15) is 13.2 Å². The van der Waals surface area contributed by atoms with Crippen LogP contribution in [0.4, 0.5) is 0 Å². The van der Waals surface area contributed by atoms with Crippen LogP contribution < -0.4 is 0 Å². The molecule has 0 N–H and O–H groups in total. The summed E-state index contributed by atoms with van der Waals surface area (Å²) in [7, 11) is -3.34. The summed E-state index contributed by atoms with van der Waals surface area (Å²) in [6.07, 6.45) is 4.62. The van der Waals surface area contributed by atoms with E-state index in [1.54, 1.807) is 11.2 Å². The SMILES string of the molecule is CC(=O)C1CCCN(S(=O)(=O)N2CCCCC2)C1. The first kappa shape index (κ1) is 14.0. The van der Waals surface area contributed by atoms with Crippen LogP contribution in [0.15, 0.2) is 0 Å². The number of hydrogen-bond donors (Lipinski definition) is 0. The van der Waals surface area contributed by atoms with E-state index < -0.39 is 10.2 Å². The fourth-order valence-corrected chi connectivity index (χ4v) is 4.52. The number of nitrogens with zero attached hydrogens (tertiary/aromatic N) is 2. The van der Waals surface area contributed by atoms with Crippen molar-refractivity contribution >= 4 is 16.0 Å². The third-order valence-electron chi connectivity index (χ3n) is 3.93. The van der Waals surface area contributed by atoms with Crippen LogP contribution in [0.3, 0.4) is 0 Å². The van der Waals surface area contributed by atoms with Crippen LogP contribution in [0.5, 0.6) is 0 Å². The molecule has 2 heterocycles. The standard InChI is InChI=1S/C12H22N2O3S/c1-11(15)12-6-5-9-14(10-12)18(16,17)13-7-3-2-4-8-13/h12H,2-10H2,1H3. The minimum absolute atomic E-state index is 0.105. The van der Waals surface area contributed by atoms with Gasteiger partial charge in [0.15, 0.2) is 0 Å². The second-order valence-electron chi connectivity index (χ2n) is 5.28. The van der Waals surface area contributed by atoms with Gasteiger partial charge in [0, 0.05) is 32.1 Å². The summed E-state index contributed by atoms with van der Waals surface area (Å²) in [5.74, 6) is -0.00754. The molecule has 2 aliphatic heterocycles. The lowest BCUT2D eigenvalue weighted by atomic mass is 9.96. The van der Waals surface area contributed by atoms with Crippen molar-refractivity contribution in [2.24, 2.45) is 5.92 Å². The Morgan fingerprint density at radius 1 is 1.00 bits per heavy atom. The lowest BCUT2D eigenvalue weighted by Crippen LogP contribution is -2.50. The molecule has 0 aliphatic carbocycles. The number of rotatable bonds is 3. The Hall–Kier alpha value is -0.460. The highest BCUT2D eigenvalue weighted by Crippen LogP contribution is 2.23. The fraction of sp³-hybridized carbons (Fsp3) is 0.917. The van der Waals surface area contributed by atoms with E-state index in [-0.39, 0.29) is 11.7 Å². The van der Waals surface area contributed by atoms with Crippen LogP contribution in [-0.2, 0) is 15.0 Å². The van der Waals surface area contributed by atoms with Gasteiger partial charge in [0.05, 0.1) is 0 Å². The second-order valence-corrected chi connectivity index (χ2v) is 7.20. The minimum Gasteiger partial charge on any atom is -0.300 e. The van der Waals surface area contributed by atoms with E-state index in [1.165, 1.54) is 4.31 Å². The summed E-state index contributed by atoms with van der Waals surface area (Å²) in [4.78, 5) is 11.4. The molecule has 0 aromatic carbocycles. The Morgan fingerprint density at radius 3 is 2.22 bits per heavy atom. The van der Waals surface area contributed by atoms with E-state index in [0.717, 1.165) is 32.1 Å². The average Bonchev–Trinajstić information content (AvgIpc) is 2.40. The molecule has 18 heavy (non-hydrogen) atoms. The molecule has 2 aliphatic rings. The summed E-state index contributed by atoms with van der Waals surface area (Å²) in [6, 6.07) is 0. The number of carbonyl (C=O) groups is 1. The fourth-order valence-electron chi connectivity index (χ4n) is 2.74. The maximum absolute atomic E-state index is 12.4. The number of Topliss-reactive ketones (excluding diaryl/α,β-unsaturated/α-hetero) is 1. The molecule has 104 valence electrons. The monoisotopic (exact) mass is 274 g/mol. The van der Waals surface area contributed by atoms with Gasteiger partial charge in [-0.2, -0.15) is 17.0 Å². The van der Waals surface area contributed by atoms with Gasteiger partial charge in [-0.3, -0.25) is 4.79 Å². The second kappa shape index (κ2) is 5.67. The van der Waals surface area contributed by atoms with Crippen molar-refractivity contribution in [2.75, 3.05) is 26.2 Å². The molecule has 0 spiro atoms. The number of piperidine rings is 2. The topological polar surface area (TPSA) is 57.7 Å². The predicted octanol–water partition coefficient (Wildman–Crippen LogP) is 1.02. The Bertz CT molecular complexity index is 402. The zero-order chi connectivity index (χ0) is 13.2. The van der Waals surface area contributed by atoms with Gasteiger partial charge in [0.2, 0.25) is 0 Å². The molecular formula is C12H22N2O3S. The molecule has 2 saturated heterocycles. The third-order valence-corrected chi connectivity index (χ3v) is 5.93. The van der Waals surface area contributed by atoms with Crippen molar-refractivity contribution in [1.82, 2.24) is 8.61 Å². The van der Waals surface area contributed by atoms with Gasteiger partial charge in [0.1, 0.15) is 5.78 Å². The molecule has 0 aromatic rings. The normalized spacial score (nSPS) is 28.2. The van der Waals surface area contributed by atoms with Gasteiger partial charge >= 0.3 is 0 Å². The van der Waals surface area contributed by atoms with Crippen molar-refractivity contribution < 1.29 is 13.2 Å². The van der Waals surface area contributed by atoms with Crippen molar-refractivity contribution in [1.29, 1.82) is 0 Å². The number of hydrogen-bond acceptors (Lipinski definition) is 3. The molecule has 2 rings (SSSR count). The highest BCUT2D eigenvalue weighted by Gasteiger charge is 2.35. The zero-order valence-electron chi connectivity index (χ0n) is 11.0. The molecule has 0 saturated carbocycles. The summed E-state index contributed by atoms with van der Waals surface area (Å²) in [6.45, 7) is 3.74. The number of ketones is 1. The van der Waals surface area contributed by atoms with Crippen molar-refractivity contribution in [2.45, 2.75) is 39.0 Å². The van der Waals surface area contributed by atoms with Gasteiger partial charge in [-0.25, -0.2) is 0 Å². The van der Waals surface area contributed by atoms with Gasteiger partial charge in [-0.05, 0) is 32.6 Å². The lowest BCUT2D eigenvalue weighted by Gasteiger charge is -2.36. The first-order valence-corrected chi connectivity index (χ1v) is 8.17. The van der Waals surface area contributed by atoms with Gasteiger partial charge in [-0.1, -0.05) is 6.42 Å². The molecule has 1 atom stereocenters. The molecular weight excluding hydrogens is 252 g/mol. The average molecular weight is 274 g/mol. The first-order chi connectivity index (χ1) is 8.51. The first-order valence-electron chi connectivity index (χ1n) is 6.77. The quantitative estimate of drug-likeness (QED) is 0.772. The Balaban J connectivity index is 2.06. The van der Waals surface area contributed by atoms with Crippen molar-refractivity contribution in [3.8, 4) is 0 Å². The molecule has 6 heteroatoms. The molecule has 0 aromatic heterocycles. The van der Waals surface area contributed by atoms with Crippen LogP contribution in [0.1, 0.15) is 39.0 Å². The van der Waals surface area contributed by atoms with E-state index in [1.807, 2.05) is 0 Å². The summed E-state index contributed by atoms with van der Waals surface area (Å²) in [5.41, 5.74) is 0. The summed E-state index contributed by atoms with van der Waals surface area (Å²) < 4.78 is 28.0. The van der Waals surface area contributed by atoms with E-state index >= 15 is 0 Å². The Kier molecular flexibility index (Phi) is 4.40. The molecule has 0 radical (unpaired) electrons. The summed E-state index contributed by atoms with van der Waals surface area (Å²) in [5, 5.41) is 0. The highest BCUT2D eigenvalue weighted by molar-refractivity contribution is 7.86. The molecule has 0 bridgehead atoms. The van der Waals surface area contributed by atoms with Crippen LogP contribution >= 0.6 is 0 Å². The van der Waals surface area contributed by atoms with Crippen molar-refractivity contribution in [3.63, 3.8) is 0 Å². The van der Waals surface area contributed by atoms with Crippen LogP contribution in [0, 0.1) is 5.92 Å². The van der Waals surface area contributed by atoms with Gasteiger partial charge in [-0.15, -0.1) is 0 Å². The molecule has 5 nitrogen and oxygen atoms in total. The van der Waals surface area contributed by atoms with E-state index in [0.29, 0.717) is 26.2 Å². The highest BCUT2D eigenvalue weighted by atomic mass is 32.2. The third kappa shape index (κ3) is 2.92. The molecule has 1 unspecified atom stereocenters. The largest absolute Gasteiger partial charge is 0.300 e. The lowest BCUT2D eigenvalue weighted by molar-refractivity contribution is -0.121. The zero-order valence-corrected chi connectivity index (χ0v) is 11.8. The molecule has 0 amide bonds.